The van der Waals surface area contributed by atoms with Crippen LogP contribution < -0.4 is 0 Å². The van der Waals surface area contributed by atoms with Crippen LogP contribution in [0, 0.1) is 0 Å². The summed E-state index contributed by atoms with van der Waals surface area (Å²) in [5.74, 6) is -0.888. The maximum atomic E-state index is 10.2. The van der Waals surface area contributed by atoms with Crippen molar-refractivity contribution in [2.24, 2.45) is 0 Å². The van der Waals surface area contributed by atoms with E-state index in [0.29, 0.717) is 0 Å². The van der Waals surface area contributed by atoms with Crippen molar-refractivity contribution in [3.63, 3.8) is 0 Å². The van der Waals surface area contributed by atoms with E-state index in [0.717, 1.165) is 12.5 Å². The molecule has 0 aromatic carbocycles. The van der Waals surface area contributed by atoms with Crippen LogP contribution in [-0.4, -0.2) is 11.1 Å². The fourth-order valence-corrected chi connectivity index (χ4v) is 2.29. The van der Waals surface area contributed by atoms with E-state index in [1.807, 2.05) is 12.2 Å². The topological polar surface area (TPSA) is 37.3 Å². The molecule has 0 aromatic heterocycles. The second-order valence-corrected chi connectivity index (χ2v) is 5.79. The van der Waals surface area contributed by atoms with Gasteiger partial charge in [-0.3, -0.25) is 0 Å². The summed E-state index contributed by atoms with van der Waals surface area (Å²) in [4.78, 5) is 10.2. The third kappa shape index (κ3) is 18.7. The Balaban J connectivity index is 3.19. The van der Waals surface area contributed by atoms with E-state index < -0.39 is 5.97 Å². The van der Waals surface area contributed by atoms with Gasteiger partial charge in [-0.15, -0.1) is 0 Å². The van der Waals surface area contributed by atoms with Crippen molar-refractivity contribution in [3.8, 4) is 0 Å². The second kappa shape index (κ2) is 17.7. The van der Waals surface area contributed by atoms with E-state index in [9.17, 15) is 4.79 Å². The molecule has 0 radical (unpaired) electrons. The third-order valence-electron chi connectivity index (χ3n) is 3.62. The van der Waals surface area contributed by atoms with E-state index in [4.69, 9.17) is 5.11 Å². The van der Waals surface area contributed by atoms with E-state index in [1.165, 1.54) is 70.6 Å². The van der Waals surface area contributed by atoms with Gasteiger partial charge in [0.2, 0.25) is 0 Å². The van der Waals surface area contributed by atoms with Crippen LogP contribution in [0.2, 0.25) is 0 Å². The molecule has 0 bridgehead atoms. The minimum atomic E-state index is -0.888. The summed E-state index contributed by atoms with van der Waals surface area (Å²) in [6, 6.07) is 0. The number of carbonyl (C=O) groups is 1. The lowest BCUT2D eigenvalue weighted by Crippen LogP contribution is -1.84. The predicted octanol–water partition coefficient (Wildman–Crippen LogP) is 6.44. The molecule has 0 saturated heterocycles. The maximum Gasteiger partial charge on any atom is 0.328 e. The minimum absolute atomic E-state index is 0.888. The van der Waals surface area contributed by atoms with Gasteiger partial charge >= 0.3 is 5.97 Å². The van der Waals surface area contributed by atoms with E-state index in [1.54, 1.807) is 6.08 Å². The van der Waals surface area contributed by atoms with Crippen LogP contribution >= 0.6 is 0 Å². The van der Waals surface area contributed by atoms with Crippen LogP contribution in [0.15, 0.2) is 36.5 Å². The first-order valence-corrected chi connectivity index (χ1v) is 8.98. The lowest BCUT2D eigenvalue weighted by Gasteiger charge is -1.99. The van der Waals surface area contributed by atoms with Crippen molar-refractivity contribution in [2.45, 2.75) is 84.0 Å². The molecule has 2 heteroatoms. The second-order valence-electron chi connectivity index (χ2n) is 5.79. The summed E-state index contributed by atoms with van der Waals surface area (Å²) in [7, 11) is 0. The molecule has 0 heterocycles. The molecule has 0 amide bonds. The molecule has 0 rings (SSSR count). The summed E-state index contributed by atoms with van der Waals surface area (Å²) in [5.41, 5.74) is 0. The largest absolute Gasteiger partial charge is 0.478 e. The Bertz CT molecular complexity index is 327. The van der Waals surface area contributed by atoms with Gasteiger partial charge in [0, 0.05) is 6.08 Å². The van der Waals surface area contributed by atoms with Gasteiger partial charge in [0.15, 0.2) is 0 Å². The average Bonchev–Trinajstić information content (AvgIpc) is 2.50. The number of unbranched alkanes of at least 4 members (excludes halogenated alkanes) is 10. The Labute approximate surface area is 137 Å². The zero-order valence-electron chi connectivity index (χ0n) is 14.3. The summed E-state index contributed by atoms with van der Waals surface area (Å²) in [6.45, 7) is 2.25. The van der Waals surface area contributed by atoms with Crippen LogP contribution in [0.3, 0.4) is 0 Å². The fraction of sp³-hybridized carbons (Fsp3) is 0.650. The molecule has 126 valence electrons. The maximum absolute atomic E-state index is 10.2. The summed E-state index contributed by atoms with van der Waals surface area (Å²) >= 11 is 0. The molecule has 0 aliphatic heterocycles. The fourth-order valence-electron chi connectivity index (χ4n) is 2.29. The molecule has 22 heavy (non-hydrogen) atoms. The van der Waals surface area contributed by atoms with Crippen molar-refractivity contribution in [1.29, 1.82) is 0 Å². The van der Waals surface area contributed by atoms with E-state index in [-0.39, 0.29) is 0 Å². The van der Waals surface area contributed by atoms with Gasteiger partial charge in [-0.05, 0) is 38.5 Å². The van der Waals surface area contributed by atoms with Crippen molar-refractivity contribution >= 4 is 5.97 Å². The molecule has 2 nitrogen and oxygen atoms in total. The van der Waals surface area contributed by atoms with Crippen molar-refractivity contribution in [1.82, 2.24) is 0 Å². The number of allylic oxidation sites excluding steroid dienone is 5. The van der Waals surface area contributed by atoms with Gasteiger partial charge in [-0.25, -0.2) is 4.79 Å². The molecule has 1 N–H and O–H groups in total. The highest BCUT2D eigenvalue weighted by Crippen LogP contribution is 2.09. The van der Waals surface area contributed by atoms with Crippen LogP contribution in [0.1, 0.15) is 84.0 Å². The average molecular weight is 306 g/mol. The van der Waals surface area contributed by atoms with E-state index in [2.05, 4.69) is 19.1 Å². The van der Waals surface area contributed by atoms with Gasteiger partial charge in [-0.2, -0.15) is 0 Å². The highest BCUT2D eigenvalue weighted by molar-refractivity contribution is 5.80. The highest BCUT2D eigenvalue weighted by atomic mass is 16.4. The summed E-state index contributed by atoms with van der Waals surface area (Å²) in [5, 5.41) is 8.41. The van der Waals surface area contributed by atoms with Crippen LogP contribution in [0.5, 0.6) is 0 Å². The molecular formula is C20H34O2. The summed E-state index contributed by atoms with van der Waals surface area (Å²) in [6.07, 6.45) is 26.7. The van der Waals surface area contributed by atoms with Crippen molar-refractivity contribution < 1.29 is 9.90 Å². The lowest BCUT2D eigenvalue weighted by atomic mass is 10.1. The number of carboxylic acids is 1. The SMILES string of the molecule is CCCCC/C=C/CCCCCCCC/C=C/C=C/C(=O)O. The van der Waals surface area contributed by atoms with Crippen molar-refractivity contribution in [2.75, 3.05) is 0 Å². The molecule has 0 aliphatic rings. The number of rotatable bonds is 15. The van der Waals surface area contributed by atoms with Gasteiger partial charge in [0.05, 0.1) is 0 Å². The number of carboxylic acid groups (broad SMARTS) is 1. The molecule has 0 unspecified atom stereocenters. The monoisotopic (exact) mass is 306 g/mol. The molecule has 0 atom stereocenters. The first-order valence-electron chi connectivity index (χ1n) is 8.98. The Morgan fingerprint density at radius 2 is 1.23 bits per heavy atom. The first kappa shape index (κ1) is 20.7. The number of hydrogen-bond donors (Lipinski definition) is 1. The Morgan fingerprint density at radius 1 is 0.727 bits per heavy atom. The minimum Gasteiger partial charge on any atom is -0.478 e. The standard InChI is InChI=1S/C20H34O2/c1-2-3-4-5-6-7-8-9-10-11-12-13-14-15-16-17-18-19-20(21)22/h6-7,16-19H,2-5,8-15H2,1H3,(H,21,22)/b7-6+,17-16+,19-18+. The quantitative estimate of drug-likeness (QED) is 0.163. The predicted molar refractivity (Wildman–Crippen MR) is 96.1 cm³/mol. The Morgan fingerprint density at radius 3 is 1.77 bits per heavy atom. The highest BCUT2D eigenvalue weighted by Gasteiger charge is 1.90. The van der Waals surface area contributed by atoms with Crippen molar-refractivity contribution in [3.05, 3.63) is 36.5 Å². The molecule has 0 aromatic rings. The Hall–Kier alpha value is -1.31. The molecule has 0 aliphatic carbocycles. The van der Waals surface area contributed by atoms with Crippen LogP contribution in [-0.2, 0) is 4.79 Å². The van der Waals surface area contributed by atoms with Crippen LogP contribution in [0.4, 0.5) is 0 Å². The van der Waals surface area contributed by atoms with E-state index >= 15 is 0 Å². The Kier molecular flexibility index (Phi) is 16.7. The van der Waals surface area contributed by atoms with Gasteiger partial charge in [-0.1, -0.05) is 75.8 Å². The lowest BCUT2D eigenvalue weighted by molar-refractivity contribution is -0.131. The van der Waals surface area contributed by atoms with Crippen LogP contribution in [0.25, 0.3) is 0 Å². The zero-order chi connectivity index (χ0) is 16.3. The molecular weight excluding hydrogens is 272 g/mol. The molecule has 0 fully saturated rings. The number of hydrogen-bond acceptors (Lipinski definition) is 1. The molecule has 0 spiro atoms. The normalized spacial score (nSPS) is 12.0. The summed E-state index contributed by atoms with van der Waals surface area (Å²) < 4.78 is 0. The molecule has 0 saturated carbocycles. The first-order chi connectivity index (χ1) is 10.8. The third-order valence-corrected chi connectivity index (χ3v) is 3.62. The smallest absolute Gasteiger partial charge is 0.328 e. The van der Waals surface area contributed by atoms with Gasteiger partial charge in [0.25, 0.3) is 0 Å². The zero-order valence-corrected chi connectivity index (χ0v) is 14.3. The van der Waals surface area contributed by atoms with Gasteiger partial charge in [0.1, 0.15) is 0 Å². The number of aliphatic carboxylic acids is 1. The van der Waals surface area contributed by atoms with Gasteiger partial charge < -0.3 is 5.11 Å².